The summed E-state index contributed by atoms with van der Waals surface area (Å²) < 4.78 is 5.22. The van der Waals surface area contributed by atoms with E-state index >= 15 is 0 Å². The largest absolute Gasteiger partial charge is 0.480 e. The van der Waals surface area contributed by atoms with E-state index in [4.69, 9.17) is 42.4 Å². The maximum absolute atomic E-state index is 11.0. The smallest absolute Gasteiger partial charge is 0.325 e. The Morgan fingerprint density at radius 1 is 0.600 bits per heavy atom. The van der Waals surface area contributed by atoms with Crippen LogP contribution < -0.4 is 27.8 Å². The molecule has 15 nitrogen and oxygen atoms in total. The molecule has 0 saturated heterocycles. The summed E-state index contributed by atoms with van der Waals surface area (Å²) in [5.74, 6) is -3.93. The highest BCUT2D eigenvalue weighted by Gasteiger charge is 2.25. The lowest BCUT2D eigenvalue weighted by molar-refractivity contribution is -0.147. The Balaban J connectivity index is 0.000000203. The zero-order valence-corrected chi connectivity index (χ0v) is 43.2. The Bertz CT molecular complexity index is 2930. The van der Waals surface area contributed by atoms with Gasteiger partial charge in [0.25, 0.3) is 0 Å². The molecule has 1 aliphatic rings. The minimum atomic E-state index is -0.958. The Labute approximate surface area is 438 Å². The van der Waals surface area contributed by atoms with Gasteiger partial charge in [0, 0.05) is 16.8 Å². The van der Waals surface area contributed by atoms with E-state index < -0.39 is 48.0 Å². The summed E-state index contributed by atoms with van der Waals surface area (Å²) in [7, 11) is 0. The third-order valence-corrected chi connectivity index (χ3v) is 12.1. The molecule has 396 valence electrons. The maximum atomic E-state index is 11.0. The first-order chi connectivity index (χ1) is 35.7. The van der Waals surface area contributed by atoms with E-state index in [1.807, 2.05) is 158 Å². The van der Waals surface area contributed by atoms with Crippen LogP contribution in [0.2, 0.25) is 0 Å². The van der Waals surface area contributed by atoms with E-state index in [1.165, 1.54) is 11.1 Å². The van der Waals surface area contributed by atoms with Gasteiger partial charge >= 0.3 is 29.8 Å². The SMILES string of the molecule is CC(C)(C)c1ccc(C[C@H](N)C(=O)O)cc1.C[C@H](Nc1ccc2ccccc2c1)C(=O)O.C[C@H](Nc1cccc2ccccc12)C(=O)O.NCC(=O)OC1CCc2ccccc21.N[C@@H](CCc1ccccc1)C(=O)O. The first-order valence-electron chi connectivity index (χ1n) is 24.7. The summed E-state index contributed by atoms with van der Waals surface area (Å²) in [5, 5.41) is 45.2. The van der Waals surface area contributed by atoms with Gasteiger partial charge in [-0.1, -0.05) is 166 Å². The highest BCUT2D eigenvalue weighted by atomic mass is 16.5. The lowest BCUT2D eigenvalue weighted by atomic mass is 9.86. The van der Waals surface area contributed by atoms with Crippen LogP contribution in [0.1, 0.15) is 81.4 Å². The molecule has 0 aromatic heterocycles. The van der Waals surface area contributed by atoms with E-state index in [9.17, 15) is 24.0 Å². The van der Waals surface area contributed by atoms with Crippen LogP contribution in [0.5, 0.6) is 0 Å². The second-order valence-corrected chi connectivity index (χ2v) is 19.0. The molecule has 1 aliphatic carbocycles. The number of ether oxygens (including phenoxy) is 1. The average molecular weight is 1020 g/mol. The number of fused-ring (bicyclic) bond motifs is 3. The first kappa shape index (κ1) is 59.5. The summed E-state index contributed by atoms with van der Waals surface area (Å²) in [6.45, 7) is 9.64. The highest BCUT2D eigenvalue weighted by Crippen LogP contribution is 2.33. The van der Waals surface area contributed by atoms with Crippen molar-refractivity contribution < 1.29 is 49.1 Å². The number of rotatable bonds is 15. The van der Waals surface area contributed by atoms with Crippen LogP contribution >= 0.6 is 0 Å². The molecule has 7 aromatic rings. The van der Waals surface area contributed by atoms with Crippen molar-refractivity contribution in [1.29, 1.82) is 0 Å². The normalized spacial score (nSPS) is 13.8. The molecule has 15 heteroatoms. The van der Waals surface area contributed by atoms with Crippen molar-refractivity contribution in [3.8, 4) is 0 Å². The summed E-state index contributed by atoms with van der Waals surface area (Å²) in [6, 6.07) is 50.5. The summed E-state index contributed by atoms with van der Waals surface area (Å²) in [5.41, 5.74) is 23.6. The molecule has 0 radical (unpaired) electrons. The van der Waals surface area contributed by atoms with Gasteiger partial charge in [0.1, 0.15) is 30.3 Å². The van der Waals surface area contributed by atoms with Crippen molar-refractivity contribution in [2.45, 2.75) is 102 Å². The molecule has 0 heterocycles. The van der Waals surface area contributed by atoms with E-state index in [2.05, 4.69) is 37.5 Å². The van der Waals surface area contributed by atoms with Gasteiger partial charge in [-0.25, -0.2) is 0 Å². The quantitative estimate of drug-likeness (QED) is 0.0432. The number of hydrogen-bond acceptors (Lipinski definition) is 11. The van der Waals surface area contributed by atoms with Gasteiger partial charge < -0.3 is 53.0 Å². The number of aliphatic carboxylic acids is 4. The molecule has 0 fully saturated rings. The Morgan fingerprint density at radius 3 is 1.77 bits per heavy atom. The van der Waals surface area contributed by atoms with Gasteiger partial charge in [-0.2, -0.15) is 0 Å². The van der Waals surface area contributed by atoms with Gasteiger partial charge in [-0.15, -0.1) is 0 Å². The van der Waals surface area contributed by atoms with Gasteiger partial charge in [-0.05, 0) is 114 Å². The number of nitrogens with two attached hydrogens (primary N) is 3. The Kier molecular flexibility index (Phi) is 23.4. The lowest BCUT2D eigenvalue weighted by Gasteiger charge is -2.19. The van der Waals surface area contributed by atoms with Gasteiger partial charge in [0.05, 0.1) is 6.54 Å². The molecule has 75 heavy (non-hydrogen) atoms. The first-order valence-corrected chi connectivity index (χ1v) is 24.7. The standard InChI is InChI=1S/2C13H13NO2.C13H19NO2.C11H13NO2.C10H13NO2/c1-9(13(15)16)14-12-8-4-6-10-5-2-3-7-11(10)12;1-9(13(15)16)14-12-7-6-10-4-2-3-5-11(10)8-12;1-13(2,3)10-6-4-9(5-7-10)8-11(14)12(15)16;12-7-11(13)14-10-6-5-8-3-1-2-4-9(8)10;11-9(10(12)13)7-6-8-4-2-1-3-5-8/h2*2-9,14H,1H3,(H,15,16);4-7,11H,8,14H2,1-3H3,(H,15,16);1-4,10H,5-7,12H2;1-5,9H,6-7,11H2,(H,12,13)/t2*9-;11-;;9-/m000.0/s1. The summed E-state index contributed by atoms with van der Waals surface area (Å²) >= 11 is 0. The maximum Gasteiger partial charge on any atom is 0.325 e. The molecule has 8 rings (SSSR count). The second-order valence-electron chi connectivity index (χ2n) is 19.0. The van der Waals surface area contributed by atoms with Crippen LogP contribution in [-0.4, -0.2) is 81.0 Å². The summed E-state index contributed by atoms with van der Waals surface area (Å²) in [6.07, 6.45) is 3.36. The number of anilines is 2. The van der Waals surface area contributed by atoms with E-state index in [-0.39, 0.29) is 24.0 Å². The fraction of sp³-hybridized carbons (Fsp3) is 0.283. The zero-order chi connectivity index (χ0) is 55.1. The fourth-order valence-electron chi connectivity index (χ4n) is 7.66. The number of aryl methyl sites for hydroxylation is 2. The number of carbonyl (C=O) groups excluding carboxylic acids is 1. The Morgan fingerprint density at radius 2 is 1.16 bits per heavy atom. The van der Waals surface area contributed by atoms with Crippen LogP contribution in [0.15, 0.2) is 164 Å². The van der Waals surface area contributed by atoms with Gasteiger partial charge in [0.2, 0.25) is 0 Å². The monoisotopic (exact) mass is 1020 g/mol. The number of benzene rings is 7. The molecule has 0 bridgehead atoms. The third kappa shape index (κ3) is 20.0. The predicted octanol–water partition coefficient (Wildman–Crippen LogP) is 9.60. The number of carboxylic acid groups (broad SMARTS) is 4. The van der Waals surface area contributed by atoms with Gasteiger partial charge in [-0.3, -0.25) is 24.0 Å². The fourth-order valence-corrected chi connectivity index (χ4v) is 7.66. The van der Waals surface area contributed by atoms with Crippen LogP contribution in [0, 0.1) is 0 Å². The van der Waals surface area contributed by atoms with E-state index in [1.54, 1.807) is 13.8 Å². The second kappa shape index (κ2) is 29.6. The summed E-state index contributed by atoms with van der Waals surface area (Å²) in [4.78, 5) is 53.5. The number of carbonyl (C=O) groups is 5. The van der Waals surface area contributed by atoms with Crippen molar-refractivity contribution >= 4 is 62.8 Å². The zero-order valence-electron chi connectivity index (χ0n) is 43.2. The Hall–Kier alpha value is -8.11. The van der Waals surface area contributed by atoms with Crippen LogP contribution in [-0.2, 0) is 53.4 Å². The number of carboxylic acids is 4. The van der Waals surface area contributed by atoms with Crippen molar-refractivity contribution in [3.05, 3.63) is 192 Å². The van der Waals surface area contributed by atoms with Gasteiger partial charge in [0.15, 0.2) is 0 Å². The number of hydrogen-bond donors (Lipinski definition) is 9. The topological polar surface area (TPSA) is 278 Å². The van der Waals surface area contributed by atoms with Crippen LogP contribution in [0.4, 0.5) is 11.4 Å². The molecule has 0 aliphatic heterocycles. The molecule has 7 aromatic carbocycles. The van der Waals surface area contributed by atoms with E-state index in [0.29, 0.717) is 19.3 Å². The number of nitrogens with one attached hydrogen (secondary N) is 2. The van der Waals surface area contributed by atoms with Crippen molar-refractivity contribution in [2.75, 3.05) is 17.2 Å². The molecule has 0 saturated carbocycles. The average Bonchev–Trinajstić information content (AvgIpc) is 3.81. The minimum absolute atomic E-state index is 0.0430. The lowest BCUT2D eigenvalue weighted by Crippen LogP contribution is -2.32. The minimum Gasteiger partial charge on any atom is -0.480 e. The molecular weight excluding hydrogens is 951 g/mol. The molecule has 12 N–H and O–H groups in total. The predicted molar refractivity (Wildman–Crippen MR) is 297 cm³/mol. The molecule has 0 spiro atoms. The third-order valence-electron chi connectivity index (χ3n) is 12.1. The molecule has 5 atom stereocenters. The van der Waals surface area contributed by atoms with Crippen LogP contribution in [0.25, 0.3) is 21.5 Å². The highest BCUT2D eigenvalue weighted by molar-refractivity contribution is 5.95. The van der Waals surface area contributed by atoms with Crippen molar-refractivity contribution in [3.63, 3.8) is 0 Å². The molecule has 1 unspecified atom stereocenters. The molecular formula is C60H71N5O10. The molecule has 0 amide bonds. The van der Waals surface area contributed by atoms with Crippen molar-refractivity contribution in [1.82, 2.24) is 0 Å². The van der Waals surface area contributed by atoms with Crippen molar-refractivity contribution in [2.24, 2.45) is 17.2 Å². The van der Waals surface area contributed by atoms with E-state index in [0.717, 1.165) is 62.5 Å². The van der Waals surface area contributed by atoms with Crippen LogP contribution in [0.3, 0.4) is 0 Å². The number of esters is 1.